The van der Waals surface area contributed by atoms with Crippen LogP contribution >= 0.6 is 0 Å². The molecule has 9 nitrogen and oxygen atoms in total. The second kappa shape index (κ2) is 12.1. The standard InChI is InChI=1S/C36H41FN4O5/c1-22-10-9-19-44-36(6)15-17-40(18-16-36)33-30(32(34(42)43)46-35(3,4)5)23(2)38-29-21-28(39-41(29)33)25-12-7-11-24(20-25)26-13-8-14-27(37)31(26)45-22/h7-14,20-22,32H,15-19H2,1-6H3,(H,42,43)/b10-9-/t22-,32-/m0/s1. The Morgan fingerprint density at radius 2 is 1.85 bits per heavy atom. The third kappa shape index (κ3) is 6.37. The van der Waals surface area contributed by atoms with Crippen LogP contribution in [0.25, 0.3) is 28.0 Å². The van der Waals surface area contributed by atoms with Crippen molar-refractivity contribution in [2.75, 3.05) is 24.6 Å². The van der Waals surface area contributed by atoms with Crippen molar-refractivity contribution in [3.63, 3.8) is 0 Å². The van der Waals surface area contributed by atoms with E-state index in [2.05, 4.69) is 11.8 Å². The first-order valence-corrected chi connectivity index (χ1v) is 15.7. The SMILES string of the molecule is Cc1nc2cc3nn2c(c1[C@H](OC(C)(C)C)C(=O)O)N1CCC(C)(CC1)OC/C=C\[C@H](C)Oc1c(F)cccc1-c1cccc-3c1. The van der Waals surface area contributed by atoms with Crippen molar-refractivity contribution in [1.82, 2.24) is 14.6 Å². The number of halogens is 1. The van der Waals surface area contributed by atoms with Gasteiger partial charge in [0, 0.05) is 36.0 Å². The van der Waals surface area contributed by atoms with E-state index in [1.165, 1.54) is 6.07 Å². The van der Waals surface area contributed by atoms with Crippen LogP contribution in [0.15, 0.2) is 60.7 Å². The van der Waals surface area contributed by atoms with Gasteiger partial charge in [0.25, 0.3) is 0 Å². The van der Waals surface area contributed by atoms with Gasteiger partial charge in [0.2, 0.25) is 0 Å². The Bertz CT molecular complexity index is 1800. The predicted octanol–water partition coefficient (Wildman–Crippen LogP) is 7.16. The van der Waals surface area contributed by atoms with E-state index < -0.39 is 29.1 Å². The van der Waals surface area contributed by atoms with Crippen LogP contribution < -0.4 is 9.64 Å². The first kappa shape index (κ1) is 31.7. The minimum Gasteiger partial charge on any atom is -0.483 e. The van der Waals surface area contributed by atoms with Crippen LogP contribution in [-0.2, 0) is 14.3 Å². The molecule has 1 N–H and O–H groups in total. The number of fused-ring (bicyclic) bond motifs is 6. The van der Waals surface area contributed by atoms with Gasteiger partial charge in [-0.25, -0.2) is 14.2 Å². The zero-order valence-corrected chi connectivity index (χ0v) is 27.2. The van der Waals surface area contributed by atoms with E-state index in [1.54, 1.807) is 10.6 Å². The maximum absolute atomic E-state index is 15.2. The van der Waals surface area contributed by atoms with Gasteiger partial charge in [0.05, 0.1) is 29.1 Å². The fourth-order valence-electron chi connectivity index (χ4n) is 6.21. The molecule has 0 unspecified atom stereocenters. The zero-order chi connectivity index (χ0) is 32.8. The number of carboxylic acids is 1. The molecule has 10 heteroatoms. The maximum Gasteiger partial charge on any atom is 0.337 e. The number of anilines is 1. The highest BCUT2D eigenvalue weighted by molar-refractivity contribution is 5.80. The van der Waals surface area contributed by atoms with E-state index in [9.17, 15) is 9.90 Å². The van der Waals surface area contributed by atoms with Crippen LogP contribution in [0.4, 0.5) is 10.2 Å². The first-order valence-electron chi connectivity index (χ1n) is 15.7. The lowest BCUT2D eigenvalue weighted by Gasteiger charge is -2.41. The van der Waals surface area contributed by atoms with E-state index in [0.717, 1.165) is 11.1 Å². The Morgan fingerprint density at radius 3 is 2.57 bits per heavy atom. The number of aromatic nitrogens is 3. The number of hydrogen-bond donors (Lipinski definition) is 1. The summed E-state index contributed by atoms with van der Waals surface area (Å²) in [5.41, 5.74) is 3.35. The quantitative estimate of drug-likeness (QED) is 0.239. The van der Waals surface area contributed by atoms with Gasteiger partial charge in [-0.3, -0.25) is 0 Å². The van der Waals surface area contributed by atoms with Gasteiger partial charge in [-0.05, 0) is 78.2 Å². The van der Waals surface area contributed by atoms with E-state index in [-0.39, 0.29) is 11.9 Å². The van der Waals surface area contributed by atoms with Crippen LogP contribution in [-0.4, -0.2) is 62.7 Å². The Morgan fingerprint density at radius 1 is 1.13 bits per heavy atom. The molecule has 4 aromatic rings. The molecule has 5 heterocycles. The molecule has 0 saturated carbocycles. The topological polar surface area (TPSA) is 98.4 Å². The van der Waals surface area contributed by atoms with Crippen LogP contribution in [0, 0.1) is 12.7 Å². The third-order valence-electron chi connectivity index (χ3n) is 8.56. The van der Waals surface area contributed by atoms with Crippen LogP contribution in [0.3, 0.4) is 0 Å². The molecule has 3 aliphatic rings. The van der Waals surface area contributed by atoms with Crippen molar-refractivity contribution in [2.45, 2.75) is 77.8 Å². The summed E-state index contributed by atoms with van der Waals surface area (Å²) in [6, 6.07) is 14.5. The summed E-state index contributed by atoms with van der Waals surface area (Å²) in [5, 5.41) is 15.5. The summed E-state index contributed by atoms with van der Waals surface area (Å²) in [6.07, 6.45) is 3.57. The zero-order valence-electron chi connectivity index (χ0n) is 27.2. The molecular formula is C36H41FN4O5. The molecule has 0 amide bonds. The number of piperidine rings is 1. The van der Waals surface area contributed by atoms with E-state index in [1.807, 2.05) is 83.2 Å². The fourth-order valence-corrected chi connectivity index (χ4v) is 6.21. The normalized spacial score (nSPS) is 21.6. The van der Waals surface area contributed by atoms with Crippen LogP contribution in [0.2, 0.25) is 0 Å². The van der Waals surface area contributed by atoms with Gasteiger partial charge in [-0.2, -0.15) is 9.61 Å². The van der Waals surface area contributed by atoms with Crippen molar-refractivity contribution in [1.29, 1.82) is 0 Å². The molecule has 1 fully saturated rings. The molecule has 3 aliphatic heterocycles. The minimum absolute atomic E-state index is 0.173. The van der Waals surface area contributed by atoms with Crippen molar-refractivity contribution in [2.24, 2.45) is 0 Å². The smallest absolute Gasteiger partial charge is 0.337 e. The van der Waals surface area contributed by atoms with E-state index >= 15 is 4.39 Å². The highest BCUT2D eigenvalue weighted by Gasteiger charge is 2.37. The van der Waals surface area contributed by atoms with E-state index in [0.29, 0.717) is 66.5 Å². The largest absolute Gasteiger partial charge is 0.483 e. The molecule has 2 aromatic heterocycles. The predicted molar refractivity (Wildman–Crippen MR) is 175 cm³/mol. The number of carboxylic acid groups (broad SMARTS) is 1. The molecule has 0 aliphatic carbocycles. The number of ether oxygens (including phenoxy) is 3. The molecule has 2 aromatic carbocycles. The maximum atomic E-state index is 15.2. The van der Waals surface area contributed by atoms with Crippen molar-refractivity contribution >= 4 is 17.4 Å². The molecule has 7 rings (SSSR count). The number of aryl methyl sites for hydroxylation is 1. The Balaban J connectivity index is 1.57. The summed E-state index contributed by atoms with van der Waals surface area (Å²) in [7, 11) is 0. The van der Waals surface area contributed by atoms with Gasteiger partial charge in [-0.1, -0.05) is 36.4 Å². The lowest BCUT2D eigenvalue weighted by atomic mass is 9.92. The average molecular weight is 629 g/mol. The average Bonchev–Trinajstić information content (AvgIpc) is 3.42. The first-order chi connectivity index (χ1) is 21.8. The molecule has 0 radical (unpaired) electrons. The molecular weight excluding hydrogens is 587 g/mol. The molecule has 0 spiro atoms. The summed E-state index contributed by atoms with van der Waals surface area (Å²) in [4.78, 5) is 19.8. The Labute approximate surface area is 268 Å². The Hall–Kier alpha value is -4.28. The molecule has 46 heavy (non-hydrogen) atoms. The van der Waals surface area contributed by atoms with Gasteiger partial charge in [-0.15, -0.1) is 0 Å². The van der Waals surface area contributed by atoms with Crippen LogP contribution in [0.1, 0.15) is 64.8 Å². The molecule has 1 saturated heterocycles. The summed E-state index contributed by atoms with van der Waals surface area (Å²) in [6.45, 7) is 12.9. The van der Waals surface area contributed by atoms with Gasteiger partial charge in [0.1, 0.15) is 11.9 Å². The number of benzene rings is 2. The van der Waals surface area contributed by atoms with Crippen molar-refractivity contribution < 1.29 is 28.5 Å². The number of rotatable bonds is 3. The number of hydrogen-bond acceptors (Lipinski definition) is 7. The van der Waals surface area contributed by atoms with Crippen molar-refractivity contribution in [3.05, 3.63) is 77.8 Å². The molecule has 6 bridgehead atoms. The lowest BCUT2D eigenvalue weighted by molar-refractivity contribution is -0.160. The number of para-hydroxylation sites is 1. The number of carbonyl (C=O) groups is 1. The van der Waals surface area contributed by atoms with Gasteiger partial charge < -0.3 is 24.2 Å². The lowest BCUT2D eigenvalue weighted by Crippen LogP contribution is -2.45. The van der Waals surface area contributed by atoms with E-state index in [4.69, 9.17) is 24.3 Å². The monoisotopic (exact) mass is 628 g/mol. The molecule has 2 atom stereocenters. The minimum atomic E-state index is -1.26. The van der Waals surface area contributed by atoms with Crippen molar-refractivity contribution in [3.8, 4) is 28.1 Å². The summed E-state index contributed by atoms with van der Waals surface area (Å²) in [5.74, 6) is -0.716. The summed E-state index contributed by atoms with van der Waals surface area (Å²) < 4.78 is 35.6. The van der Waals surface area contributed by atoms with Crippen LogP contribution in [0.5, 0.6) is 5.75 Å². The summed E-state index contributed by atoms with van der Waals surface area (Å²) >= 11 is 0. The fraction of sp³-hybridized carbons (Fsp3) is 0.417. The second-order valence-corrected chi connectivity index (χ2v) is 13.4. The highest BCUT2D eigenvalue weighted by Crippen LogP contribution is 2.39. The van der Waals surface area contributed by atoms with Gasteiger partial charge in [0.15, 0.2) is 23.3 Å². The highest BCUT2D eigenvalue weighted by atomic mass is 19.1. The third-order valence-corrected chi connectivity index (χ3v) is 8.56. The number of aliphatic carboxylic acids is 1. The Kier molecular flexibility index (Phi) is 8.37. The second-order valence-electron chi connectivity index (χ2n) is 13.4. The van der Waals surface area contributed by atoms with Gasteiger partial charge >= 0.3 is 5.97 Å². The number of nitrogens with zero attached hydrogens (tertiary/aromatic N) is 4. The molecule has 242 valence electrons.